The number of aliphatic hydroxyl groups is 1. The lowest BCUT2D eigenvalue weighted by Crippen LogP contribution is -1.91. The molecule has 6 heteroatoms. The van der Waals surface area contributed by atoms with Gasteiger partial charge in [-0.3, -0.25) is 0 Å². The van der Waals surface area contributed by atoms with Gasteiger partial charge in [-0.1, -0.05) is 0 Å². The zero-order valence-electron chi connectivity index (χ0n) is 5.04. The van der Waals surface area contributed by atoms with Gasteiger partial charge in [0.2, 0.25) is 0 Å². The van der Waals surface area contributed by atoms with Gasteiger partial charge in [0.05, 0.1) is 0 Å². The van der Waals surface area contributed by atoms with Gasteiger partial charge in [0.15, 0.2) is 0 Å². The first kappa shape index (κ1) is 13.0. The van der Waals surface area contributed by atoms with Gasteiger partial charge < -0.3 is 5.11 Å². The number of hydrogen-bond acceptors (Lipinski definition) is 1. The summed E-state index contributed by atoms with van der Waals surface area (Å²) in [5.41, 5.74) is 0. The van der Waals surface area contributed by atoms with Crippen molar-refractivity contribution >= 4 is 49.6 Å². The Labute approximate surface area is 74.7 Å². The van der Waals surface area contributed by atoms with Crippen molar-refractivity contribution in [2.75, 3.05) is 0 Å². The van der Waals surface area contributed by atoms with E-state index in [1.54, 1.807) is 13.8 Å². The van der Waals surface area contributed by atoms with Crippen LogP contribution in [0.2, 0.25) is 0 Å². The van der Waals surface area contributed by atoms with Gasteiger partial charge in [-0.05, 0) is 13.8 Å². The van der Waals surface area contributed by atoms with Crippen molar-refractivity contribution in [3.05, 3.63) is 0 Å². The topological polar surface area (TPSA) is 20.2 Å². The molecule has 0 aliphatic carbocycles. The Morgan fingerprint density at radius 1 is 1.11 bits per heavy atom. The van der Waals surface area contributed by atoms with Crippen LogP contribution in [0.5, 0.6) is 0 Å². The number of hydrogen-bond donors (Lipinski definition) is 1. The summed E-state index contributed by atoms with van der Waals surface area (Å²) in [4.78, 5) is 0. The quantitative estimate of drug-likeness (QED) is 0.501. The van der Waals surface area contributed by atoms with Crippen molar-refractivity contribution in [2.45, 2.75) is 20.0 Å². The number of rotatable bonds is 0. The van der Waals surface area contributed by atoms with E-state index < -0.39 is 5.31 Å². The summed E-state index contributed by atoms with van der Waals surface area (Å²) in [7, 11) is 0. The number of aliphatic hydroxyl groups excluding tert-OH is 1. The summed E-state index contributed by atoms with van der Waals surface area (Å²) in [6.45, 7) is 3.44. The summed E-state index contributed by atoms with van der Waals surface area (Å²) in [5.74, 6) is 0. The lowest BCUT2D eigenvalue weighted by Gasteiger charge is -1.85. The van der Waals surface area contributed by atoms with E-state index in [0.29, 0.717) is 0 Å². The second kappa shape index (κ2) is 6.07. The van der Waals surface area contributed by atoms with E-state index in [1.165, 1.54) is 0 Å². The Kier molecular flexibility index (Phi) is 8.75. The molecule has 0 aromatic heterocycles. The summed E-state index contributed by atoms with van der Waals surface area (Å²) >= 11 is 19.9. The third-order valence-electron chi connectivity index (χ3n) is 0. The molecular formula is C3H8Cl4OSi. The van der Waals surface area contributed by atoms with Crippen LogP contribution < -0.4 is 0 Å². The average Bonchev–Trinajstić information content (AvgIpc) is 1.19. The van der Waals surface area contributed by atoms with Crippen LogP contribution in [0.3, 0.4) is 0 Å². The van der Waals surface area contributed by atoms with Gasteiger partial charge in [-0.25, -0.2) is 0 Å². The molecule has 0 amide bonds. The van der Waals surface area contributed by atoms with Crippen LogP contribution in [0.1, 0.15) is 13.8 Å². The van der Waals surface area contributed by atoms with Crippen molar-refractivity contribution in [2.24, 2.45) is 0 Å². The molecule has 0 spiro atoms. The van der Waals surface area contributed by atoms with E-state index in [0.717, 1.165) is 0 Å². The van der Waals surface area contributed by atoms with Crippen LogP contribution >= 0.6 is 44.3 Å². The third-order valence-corrected chi connectivity index (χ3v) is 0. The van der Waals surface area contributed by atoms with Crippen molar-refractivity contribution in [1.29, 1.82) is 0 Å². The van der Waals surface area contributed by atoms with Crippen LogP contribution in [0.25, 0.3) is 0 Å². The van der Waals surface area contributed by atoms with E-state index in [4.69, 9.17) is 49.4 Å². The van der Waals surface area contributed by atoms with Gasteiger partial charge in [-0.2, -0.15) is 0 Å². The molecule has 0 saturated carbocycles. The molecule has 58 valence electrons. The molecule has 0 saturated heterocycles. The maximum absolute atomic E-state index is 8.06. The van der Waals surface area contributed by atoms with Crippen molar-refractivity contribution in [3.63, 3.8) is 0 Å². The van der Waals surface area contributed by atoms with Crippen LogP contribution in [-0.2, 0) is 0 Å². The minimum absolute atomic E-state index is 0.167. The summed E-state index contributed by atoms with van der Waals surface area (Å²) < 4.78 is 0. The Balaban J connectivity index is 0. The molecule has 1 N–H and O–H groups in total. The maximum Gasteiger partial charge on any atom is 0.440 e. The van der Waals surface area contributed by atoms with E-state index in [1.807, 2.05) is 0 Å². The molecule has 0 aromatic rings. The van der Waals surface area contributed by atoms with Gasteiger partial charge in [0.1, 0.15) is 0 Å². The van der Waals surface area contributed by atoms with Crippen molar-refractivity contribution in [3.8, 4) is 0 Å². The first-order valence-corrected chi connectivity index (χ1v) is 8.22. The lowest BCUT2D eigenvalue weighted by molar-refractivity contribution is 0.216. The monoisotopic (exact) mass is 228 g/mol. The molecule has 0 aromatic carbocycles. The molecule has 0 fully saturated rings. The Morgan fingerprint density at radius 2 is 1.11 bits per heavy atom. The lowest BCUT2D eigenvalue weighted by atomic mass is 10.5. The van der Waals surface area contributed by atoms with Crippen molar-refractivity contribution < 1.29 is 5.11 Å². The SMILES string of the molecule is CC(C)O.Cl[Si](Cl)(Cl)Cl. The summed E-state index contributed by atoms with van der Waals surface area (Å²) in [6, 6.07) is 0. The zero-order chi connectivity index (χ0) is 8.08. The predicted molar refractivity (Wildman–Crippen MR) is 46.5 cm³/mol. The predicted octanol–water partition coefficient (Wildman–Crippen LogP) is 2.76. The summed E-state index contributed by atoms with van der Waals surface area (Å²) in [5, 5.41) is 5.33. The first-order chi connectivity index (χ1) is 3.73. The first-order valence-electron chi connectivity index (χ1n) is 2.17. The molecule has 9 heavy (non-hydrogen) atoms. The van der Waals surface area contributed by atoms with E-state index in [9.17, 15) is 0 Å². The van der Waals surface area contributed by atoms with Crippen LogP contribution in [0.4, 0.5) is 0 Å². The third kappa shape index (κ3) is 281. The molecule has 0 radical (unpaired) electrons. The molecule has 0 bridgehead atoms. The smallest absolute Gasteiger partial charge is 0.394 e. The van der Waals surface area contributed by atoms with Crippen LogP contribution in [0, 0.1) is 0 Å². The van der Waals surface area contributed by atoms with E-state index >= 15 is 0 Å². The van der Waals surface area contributed by atoms with Crippen molar-refractivity contribution in [1.82, 2.24) is 0 Å². The fourth-order valence-electron chi connectivity index (χ4n) is 0. The maximum atomic E-state index is 8.06. The van der Waals surface area contributed by atoms with Gasteiger partial charge >= 0.3 is 5.31 Å². The Morgan fingerprint density at radius 3 is 1.11 bits per heavy atom. The highest BCUT2D eigenvalue weighted by molar-refractivity contribution is 7.81. The second-order valence-corrected chi connectivity index (χ2v) is 12.7. The molecular weight excluding hydrogens is 222 g/mol. The van der Waals surface area contributed by atoms with Crippen LogP contribution in [0.15, 0.2) is 0 Å². The summed E-state index contributed by atoms with van der Waals surface area (Å²) in [6.07, 6.45) is -0.167. The molecule has 0 aliphatic rings. The van der Waals surface area contributed by atoms with Gasteiger partial charge in [-0.15, -0.1) is 44.3 Å². The fourth-order valence-corrected chi connectivity index (χ4v) is 0. The molecule has 0 unspecified atom stereocenters. The molecule has 0 aliphatic heterocycles. The number of halogens is 4. The molecule has 0 heterocycles. The van der Waals surface area contributed by atoms with Crippen LogP contribution in [-0.4, -0.2) is 16.5 Å². The normalized spacial score (nSPS) is 10.7. The highest BCUT2D eigenvalue weighted by Gasteiger charge is 2.19. The molecule has 0 rings (SSSR count). The minimum atomic E-state index is -2.72. The van der Waals surface area contributed by atoms with Gasteiger partial charge in [0.25, 0.3) is 0 Å². The standard InChI is InChI=1S/C3H8O.Cl4Si/c1-3(2)4;1-5(2,3)4/h3-4H,1-2H3;. The zero-order valence-corrected chi connectivity index (χ0v) is 9.06. The highest BCUT2D eigenvalue weighted by Crippen LogP contribution is 2.23. The second-order valence-electron chi connectivity index (χ2n) is 1.52. The highest BCUT2D eigenvalue weighted by atomic mass is 36.0. The Bertz CT molecular complexity index is 52.6. The average molecular weight is 230 g/mol. The molecule has 1 nitrogen and oxygen atoms in total. The fraction of sp³-hybridized carbons (Fsp3) is 1.00. The molecule has 0 atom stereocenters. The van der Waals surface area contributed by atoms with E-state index in [2.05, 4.69) is 0 Å². The largest absolute Gasteiger partial charge is 0.440 e. The Hall–Kier alpha value is 1.34. The minimum Gasteiger partial charge on any atom is -0.394 e. The van der Waals surface area contributed by atoms with Gasteiger partial charge in [0, 0.05) is 6.10 Å². The van der Waals surface area contributed by atoms with E-state index in [-0.39, 0.29) is 6.10 Å².